The van der Waals surface area contributed by atoms with Crippen molar-refractivity contribution in [3.63, 3.8) is 0 Å². The van der Waals surface area contributed by atoms with Crippen LogP contribution in [0.1, 0.15) is 25.2 Å². The zero-order chi connectivity index (χ0) is 17.2. The Hall–Kier alpha value is -1.97. The quantitative estimate of drug-likeness (QED) is 0.828. The van der Waals surface area contributed by atoms with Crippen LogP contribution < -0.4 is 4.72 Å². The molecular formula is C13H19F2N5O2S. The number of aromatic nitrogens is 4. The highest BCUT2D eigenvalue weighted by atomic mass is 32.2. The summed E-state index contributed by atoms with van der Waals surface area (Å²) in [5.74, 6) is -0.00129. The molecule has 128 valence electrons. The maximum atomic E-state index is 12.6. The zero-order valence-corrected chi connectivity index (χ0v) is 13.9. The molecule has 0 radical (unpaired) electrons. The normalized spacial score (nSPS) is 12.1. The van der Waals surface area contributed by atoms with Crippen molar-refractivity contribution in [1.29, 1.82) is 0 Å². The summed E-state index contributed by atoms with van der Waals surface area (Å²) in [5.41, 5.74) is 1.05. The van der Waals surface area contributed by atoms with Gasteiger partial charge in [0, 0.05) is 19.3 Å². The van der Waals surface area contributed by atoms with Gasteiger partial charge in [0.15, 0.2) is 5.82 Å². The maximum Gasteiger partial charge on any atom is 0.266 e. The highest BCUT2D eigenvalue weighted by Crippen LogP contribution is 2.23. The van der Waals surface area contributed by atoms with Crippen molar-refractivity contribution in [2.24, 2.45) is 7.05 Å². The lowest BCUT2D eigenvalue weighted by Crippen LogP contribution is -2.17. The number of halogens is 2. The molecule has 0 aliphatic heterocycles. The topological polar surface area (TPSA) is 81.8 Å². The monoisotopic (exact) mass is 347 g/mol. The van der Waals surface area contributed by atoms with Crippen molar-refractivity contribution < 1.29 is 17.2 Å². The summed E-state index contributed by atoms with van der Waals surface area (Å²) in [6.45, 7) is 3.07. The average Bonchev–Trinajstić information content (AvgIpc) is 3.01. The first-order valence-electron chi connectivity index (χ1n) is 7.17. The molecule has 0 saturated carbocycles. The SMILES string of the molecule is CCc1nn(C)c(CC)c1S(=O)(=O)Nc1ccn(CC(F)F)n1. The second kappa shape index (κ2) is 6.65. The maximum absolute atomic E-state index is 12.6. The molecule has 0 fully saturated rings. The third kappa shape index (κ3) is 3.69. The second-order valence-corrected chi connectivity index (χ2v) is 6.59. The predicted octanol–water partition coefficient (Wildman–Crippen LogP) is 1.81. The molecular weight excluding hydrogens is 328 g/mol. The molecule has 0 aromatic carbocycles. The first-order valence-corrected chi connectivity index (χ1v) is 8.66. The van der Waals surface area contributed by atoms with Crippen LogP contribution >= 0.6 is 0 Å². The van der Waals surface area contributed by atoms with Gasteiger partial charge in [-0.05, 0) is 12.8 Å². The van der Waals surface area contributed by atoms with Gasteiger partial charge >= 0.3 is 0 Å². The Labute approximate surface area is 133 Å². The van der Waals surface area contributed by atoms with Gasteiger partial charge in [-0.2, -0.15) is 10.2 Å². The summed E-state index contributed by atoms with van der Waals surface area (Å²) >= 11 is 0. The molecule has 0 bridgehead atoms. The molecule has 1 N–H and O–H groups in total. The fraction of sp³-hybridized carbons (Fsp3) is 0.538. The third-order valence-electron chi connectivity index (χ3n) is 3.33. The predicted molar refractivity (Wildman–Crippen MR) is 81.0 cm³/mol. The van der Waals surface area contributed by atoms with Crippen molar-refractivity contribution in [2.75, 3.05) is 4.72 Å². The van der Waals surface area contributed by atoms with Gasteiger partial charge in [0.25, 0.3) is 16.4 Å². The Bertz CT molecular complexity index is 782. The minimum atomic E-state index is -3.89. The molecule has 0 atom stereocenters. The molecule has 2 heterocycles. The number of anilines is 1. The molecule has 2 aromatic rings. The molecule has 0 amide bonds. The van der Waals surface area contributed by atoms with E-state index in [2.05, 4.69) is 14.9 Å². The van der Waals surface area contributed by atoms with E-state index in [-0.39, 0.29) is 10.7 Å². The van der Waals surface area contributed by atoms with Gasteiger partial charge < -0.3 is 0 Å². The molecule has 2 rings (SSSR count). The standard InChI is InChI=1S/C13H19F2N5O2S/c1-4-9-13(10(5-2)19(3)16-9)23(21,22)18-12-6-7-20(17-12)8-11(14)15/h6-7,11H,4-5,8H2,1-3H3,(H,17,18). The lowest BCUT2D eigenvalue weighted by Gasteiger charge is -2.08. The van der Waals surface area contributed by atoms with Crippen LogP contribution in [-0.2, 0) is 36.5 Å². The minimum absolute atomic E-state index is 0.00129. The molecule has 0 aliphatic carbocycles. The molecule has 7 nitrogen and oxygen atoms in total. The highest BCUT2D eigenvalue weighted by molar-refractivity contribution is 7.92. The van der Waals surface area contributed by atoms with Gasteiger partial charge in [0.2, 0.25) is 0 Å². The second-order valence-electron chi connectivity index (χ2n) is 4.97. The number of nitrogens with one attached hydrogen (secondary N) is 1. The van der Waals surface area contributed by atoms with Crippen molar-refractivity contribution in [1.82, 2.24) is 19.6 Å². The van der Waals surface area contributed by atoms with Gasteiger partial charge in [-0.1, -0.05) is 13.8 Å². The van der Waals surface area contributed by atoms with E-state index in [0.29, 0.717) is 24.2 Å². The van der Waals surface area contributed by atoms with Crippen LogP contribution in [0.4, 0.5) is 14.6 Å². The number of hydrogen-bond acceptors (Lipinski definition) is 4. The van der Waals surface area contributed by atoms with Crippen LogP contribution in [0.2, 0.25) is 0 Å². The van der Waals surface area contributed by atoms with Crippen LogP contribution in [0, 0.1) is 0 Å². The van der Waals surface area contributed by atoms with Crippen LogP contribution in [0.3, 0.4) is 0 Å². The number of aryl methyl sites for hydroxylation is 2. The Morgan fingerprint density at radius 2 is 1.96 bits per heavy atom. The smallest absolute Gasteiger partial charge is 0.266 e. The Morgan fingerprint density at radius 3 is 2.52 bits per heavy atom. The fourth-order valence-corrected chi connectivity index (χ4v) is 3.95. The molecule has 23 heavy (non-hydrogen) atoms. The largest absolute Gasteiger partial charge is 0.271 e. The minimum Gasteiger partial charge on any atom is -0.271 e. The molecule has 10 heteroatoms. The molecule has 0 spiro atoms. The van der Waals surface area contributed by atoms with E-state index >= 15 is 0 Å². The van der Waals surface area contributed by atoms with E-state index < -0.39 is 23.0 Å². The van der Waals surface area contributed by atoms with E-state index in [1.807, 2.05) is 13.8 Å². The van der Waals surface area contributed by atoms with Crippen LogP contribution in [-0.4, -0.2) is 34.4 Å². The summed E-state index contributed by atoms with van der Waals surface area (Å²) < 4.78 is 54.8. The van der Waals surface area contributed by atoms with Gasteiger partial charge in [-0.3, -0.25) is 14.1 Å². The number of nitrogens with zero attached hydrogens (tertiary/aromatic N) is 4. The van der Waals surface area contributed by atoms with Crippen molar-refractivity contribution in [3.8, 4) is 0 Å². The number of alkyl halides is 2. The summed E-state index contributed by atoms with van der Waals surface area (Å²) in [6.07, 6.45) is -0.297. The van der Waals surface area contributed by atoms with Gasteiger partial charge in [0.05, 0.1) is 11.4 Å². The summed E-state index contributed by atoms with van der Waals surface area (Å²) in [4.78, 5) is 0.133. The average molecular weight is 347 g/mol. The van der Waals surface area contributed by atoms with E-state index in [4.69, 9.17) is 0 Å². The molecule has 2 aromatic heterocycles. The summed E-state index contributed by atoms with van der Waals surface area (Å²) in [5, 5.41) is 8.02. The number of hydrogen-bond donors (Lipinski definition) is 1. The van der Waals surface area contributed by atoms with Crippen molar-refractivity contribution in [2.45, 2.75) is 44.6 Å². The van der Waals surface area contributed by atoms with E-state index in [0.717, 1.165) is 4.68 Å². The van der Waals surface area contributed by atoms with Crippen LogP contribution in [0.5, 0.6) is 0 Å². The Kier molecular flexibility index (Phi) is 5.03. The van der Waals surface area contributed by atoms with Gasteiger partial charge in [-0.25, -0.2) is 17.2 Å². The Morgan fingerprint density at radius 1 is 1.26 bits per heavy atom. The lowest BCUT2D eigenvalue weighted by atomic mass is 10.2. The third-order valence-corrected chi connectivity index (χ3v) is 4.82. The van der Waals surface area contributed by atoms with Crippen LogP contribution in [0.15, 0.2) is 17.2 Å². The zero-order valence-electron chi connectivity index (χ0n) is 13.1. The summed E-state index contributed by atoms with van der Waals surface area (Å²) in [6, 6.07) is 1.34. The molecule has 0 saturated heterocycles. The number of sulfonamides is 1. The summed E-state index contributed by atoms with van der Waals surface area (Å²) in [7, 11) is -2.20. The van der Waals surface area contributed by atoms with E-state index in [1.54, 1.807) is 11.7 Å². The lowest BCUT2D eigenvalue weighted by molar-refractivity contribution is 0.122. The first-order chi connectivity index (χ1) is 10.8. The molecule has 0 aliphatic rings. The van der Waals surface area contributed by atoms with Crippen molar-refractivity contribution >= 4 is 15.8 Å². The highest BCUT2D eigenvalue weighted by Gasteiger charge is 2.27. The van der Waals surface area contributed by atoms with E-state index in [9.17, 15) is 17.2 Å². The first kappa shape index (κ1) is 17.4. The molecule has 0 unspecified atom stereocenters. The van der Waals surface area contributed by atoms with Crippen LogP contribution in [0.25, 0.3) is 0 Å². The van der Waals surface area contributed by atoms with E-state index in [1.165, 1.54) is 12.3 Å². The fourth-order valence-electron chi connectivity index (χ4n) is 2.38. The van der Waals surface area contributed by atoms with Crippen molar-refractivity contribution in [3.05, 3.63) is 23.7 Å². The van der Waals surface area contributed by atoms with Gasteiger partial charge in [0.1, 0.15) is 11.4 Å². The Balaban J connectivity index is 2.34. The number of rotatable bonds is 7. The van der Waals surface area contributed by atoms with Gasteiger partial charge in [-0.15, -0.1) is 0 Å².